The first-order valence-electron chi connectivity index (χ1n) is 9.72. The van der Waals surface area contributed by atoms with E-state index in [1.165, 1.54) is 4.90 Å². The number of benzene rings is 2. The summed E-state index contributed by atoms with van der Waals surface area (Å²) < 4.78 is 5.68. The first-order chi connectivity index (χ1) is 13.8. The number of nitrogens with one attached hydrogen (secondary N) is 1. The Hall–Kier alpha value is -2.79. The molecule has 0 fully saturated rings. The minimum absolute atomic E-state index is 0.0555. The SMILES string of the molecule is CCCN1C(=O)C(Nc2ccc(Cl)cc2C)=C(c2ccc(OC(C)C)cc2)C1=O. The molecule has 0 spiro atoms. The Morgan fingerprint density at radius 3 is 2.34 bits per heavy atom. The number of ether oxygens (including phenoxy) is 1. The molecule has 0 aromatic heterocycles. The number of rotatable bonds is 7. The summed E-state index contributed by atoms with van der Waals surface area (Å²) in [5.74, 6) is 0.113. The van der Waals surface area contributed by atoms with Crippen LogP contribution in [0.4, 0.5) is 5.69 Å². The zero-order valence-corrected chi connectivity index (χ0v) is 17.8. The van der Waals surface area contributed by atoms with Crippen molar-refractivity contribution in [3.05, 3.63) is 64.3 Å². The van der Waals surface area contributed by atoms with Crippen molar-refractivity contribution in [3.63, 3.8) is 0 Å². The van der Waals surface area contributed by atoms with Crippen molar-refractivity contribution in [3.8, 4) is 5.75 Å². The Kier molecular flexibility index (Phi) is 6.28. The van der Waals surface area contributed by atoms with Crippen LogP contribution >= 0.6 is 11.6 Å². The standard InChI is InChI=1S/C23H25ClN2O3/c1-5-12-26-22(27)20(16-6-9-18(10-7-16)29-14(2)3)21(23(26)28)25-19-11-8-17(24)13-15(19)4/h6-11,13-14,25H,5,12H2,1-4H3. The predicted octanol–water partition coefficient (Wildman–Crippen LogP) is 5.04. The molecule has 29 heavy (non-hydrogen) atoms. The van der Waals surface area contributed by atoms with Crippen LogP contribution in [0.1, 0.15) is 38.3 Å². The lowest BCUT2D eigenvalue weighted by molar-refractivity contribution is -0.136. The molecule has 1 N–H and O–H groups in total. The van der Waals surface area contributed by atoms with Gasteiger partial charge in [-0.1, -0.05) is 30.7 Å². The number of imide groups is 1. The van der Waals surface area contributed by atoms with E-state index in [2.05, 4.69) is 5.32 Å². The maximum Gasteiger partial charge on any atom is 0.278 e. The van der Waals surface area contributed by atoms with E-state index in [4.69, 9.17) is 16.3 Å². The fraction of sp³-hybridized carbons (Fsp3) is 0.304. The van der Waals surface area contributed by atoms with Gasteiger partial charge in [0.05, 0.1) is 11.7 Å². The largest absolute Gasteiger partial charge is 0.491 e. The van der Waals surface area contributed by atoms with Gasteiger partial charge in [-0.05, 0) is 68.7 Å². The minimum atomic E-state index is -0.316. The summed E-state index contributed by atoms with van der Waals surface area (Å²) in [5.41, 5.74) is 2.95. The van der Waals surface area contributed by atoms with Crippen molar-refractivity contribution in [2.24, 2.45) is 0 Å². The average molecular weight is 413 g/mol. The van der Waals surface area contributed by atoms with Gasteiger partial charge in [0.25, 0.3) is 11.8 Å². The van der Waals surface area contributed by atoms with Gasteiger partial charge in [-0.15, -0.1) is 0 Å². The lowest BCUT2D eigenvalue weighted by atomic mass is 10.0. The first-order valence-corrected chi connectivity index (χ1v) is 10.1. The van der Waals surface area contributed by atoms with E-state index in [0.717, 1.165) is 17.0 Å². The molecule has 0 saturated carbocycles. The highest BCUT2D eigenvalue weighted by Crippen LogP contribution is 2.32. The summed E-state index contributed by atoms with van der Waals surface area (Å²) in [7, 11) is 0. The molecule has 1 heterocycles. The number of hydrogen-bond donors (Lipinski definition) is 1. The van der Waals surface area contributed by atoms with Gasteiger partial charge < -0.3 is 10.1 Å². The number of hydrogen-bond acceptors (Lipinski definition) is 4. The summed E-state index contributed by atoms with van der Waals surface area (Å²) in [6.07, 6.45) is 0.749. The molecule has 1 aliphatic rings. The monoisotopic (exact) mass is 412 g/mol. The van der Waals surface area contributed by atoms with Gasteiger partial charge in [-0.2, -0.15) is 0 Å². The van der Waals surface area contributed by atoms with Gasteiger partial charge in [-0.25, -0.2) is 0 Å². The van der Waals surface area contributed by atoms with Gasteiger partial charge in [0, 0.05) is 17.3 Å². The zero-order chi connectivity index (χ0) is 21.1. The van der Waals surface area contributed by atoms with E-state index in [0.29, 0.717) is 29.1 Å². The van der Waals surface area contributed by atoms with Crippen molar-refractivity contribution in [1.29, 1.82) is 0 Å². The number of aryl methyl sites for hydroxylation is 1. The Morgan fingerprint density at radius 1 is 1.07 bits per heavy atom. The molecule has 0 atom stereocenters. The third kappa shape index (κ3) is 4.46. The summed E-state index contributed by atoms with van der Waals surface area (Å²) in [6.45, 7) is 8.12. The molecule has 0 bridgehead atoms. The van der Waals surface area contributed by atoms with E-state index >= 15 is 0 Å². The fourth-order valence-corrected chi connectivity index (χ4v) is 3.49. The third-order valence-corrected chi connectivity index (χ3v) is 4.81. The second-order valence-corrected chi connectivity index (χ2v) is 7.72. The van der Waals surface area contributed by atoms with Gasteiger partial charge in [-0.3, -0.25) is 14.5 Å². The van der Waals surface area contributed by atoms with Crippen LogP contribution in [0, 0.1) is 6.92 Å². The molecule has 0 saturated heterocycles. The van der Waals surface area contributed by atoms with Crippen molar-refractivity contribution < 1.29 is 14.3 Å². The summed E-state index contributed by atoms with van der Waals surface area (Å²) in [4.78, 5) is 27.4. The first kappa shape index (κ1) is 20.9. The summed E-state index contributed by atoms with van der Waals surface area (Å²) in [5, 5.41) is 3.79. The molecule has 0 aliphatic carbocycles. The fourth-order valence-electron chi connectivity index (χ4n) is 3.26. The Bertz CT molecular complexity index is 965. The number of carbonyl (C=O) groups excluding carboxylic acids is 2. The Balaban J connectivity index is 2.03. The number of halogens is 1. The smallest absolute Gasteiger partial charge is 0.278 e. The highest BCUT2D eigenvalue weighted by molar-refractivity contribution is 6.36. The highest BCUT2D eigenvalue weighted by atomic mass is 35.5. The van der Waals surface area contributed by atoms with Crippen LogP contribution in [0.15, 0.2) is 48.2 Å². The molecule has 1 aliphatic heterocycles. The van der Waals surface area contributed by atoms with Gasteiger partial charge in [0.1, 0.15) is 11.4 Å². The number of carbonyl (C=O) groups is 2. The Labute approximate surface area is 176 Å². The van der Waals surface area contributed by atoms with Crippen LogP contribution in [-0.2, 0) is 9.59 Å². The second-order valence-electron chi connectivity index (χ2n) is 7.29. The van der Waals surface area contributed by atoms with Crippen molar-refractivity contribution in [2.45, 2.75) is 40.2 Å². The number of amides is 2. The number of nitrogens with zero attached hydrogens (tertiary/aromatic N) is 1. The second kappa shape index (κ2) is 8.70. The molecule has 3 rings (SSSR count). The van der Waals surface area contributed by atoms with Crippen LogP contribution in [0.5, 0.6) is 5.75 Å². The highest BCUT2D eigenvalue weighted by Gasteiger charge is 2.38. The molecule has 6 heteroatoms. The summed E-state index contributed by atoms with van der Waals surface area (Å²) >= 11 is 6.04. The van der Waals surface area contributed by atoms with E-state index in [1.807, 2.05) is 64.1 Å². The van der Waals surface area contributed by atoms with Gasteiger partial charge in [0.2, 0.25) is 0 Å². The van der Waals surface area contributed by atoms with E-state index in [9.17, 15) is 9.59 Å². The van der Waals surface area contributed by atoms with E-state index in [-0.39, 0.29) is 23.6 Å². The number of anilines is 1. The molecule has 0 radical (unpaired) electrons. The quantitative estimate of drug-likeness (QED) is 0.647. The maximum absolute atomic E-state index is 13.1. The molecule has 2 aromatic carbocycles. The average Bonchev–Trinajstić information content (AvgIpc) is 2.89. The molecule has 0 unspecified atom stereocenters. The normalized spacial score (nSPS) is 14.2. The molecular weight excluding hydrogens is 388 g/mol. The molecular formula is C23H25ClN2O3. The molecule has 2 amide bonds. The maximum atomic E-state index is 13.1. The van der Waals surface area contributed by atoms with Crippen LogP contribution in [0.3, 0.4) is 0 Å². The van der Waals surface area contributed by atoms with Crippen molar-refractivity contribution >= 4 is 34.7 Å². The van der Waals surface area contributed by atoms with Crippen molar-refractivity contribution in [2.75, 3.05) is 11.9 Å². The predicted molar refractivity (Wildman–Crippen MR) is 116 cm³/mol. The van der Waals surface area contributed by atoms with Crippen LogP contribution in [0.2, 0.25) is 5.02 Å². The zero-order valence-electron chi connectivity index (χ0n) is 17.1. The van der Waals surface area contributed by atoms with Gasteiger partial charge in [0.15, 0.2) is 0 Å². The minimum Gasteiger partial charge on any atom is -0.491 e. The van der Waals surface area contributed by atoms with E-state index in [1.54, 1.807) is 6.07 Å². The van der Waals surface area contributed by atoms with Gasteiger partial charge >= 0.3 is 0 Å². The van der Waals surface area contributed by atoms with Crippen LogP contribution in [-0.4, -0.2) is 29.4 Å². The molecule has 152 valence electrons. The Morgan fingerprint density at radius 2 is 1.76 bits per heavy atom. The lowest BCUT2D eigenvalue weighted by Crippen LogP contribution is -2.33. The van der Waals surface area contributed by atoms with Crippen LogP contribution < -0.4 is 10.1 Å². The van der Waals surface area contributed by atoms with E-state index < -0.39 is 0 Å². The topological polar surface area (TPSA) is 58.6 Å². The molecule has 2 aromatic rings. The van der Waals surface area contributed by atoms with Crippen molar-refractivity contribution in [1.82, 2.24) is 4.90 Å². The summed E-state index contributed by atoms with van der Waals surface area (Å²) in [6, 6.07) is 12.6. The third-order valence-electron chi connectivity index (χ3n) is 4.58. The molecule has 5 nitrogen and oxygen atoms in total. The lowest BCUT2D eigenvalue weighted by Gasteiger charge is -2.14. The van der Waals surface area contributed by atoms with Crippen LogP contribution in [0.25, 0.3) is 5.57 Å².